The highest BCUT2D eigenvalue weighted by Gasteiger charge is 2.51. The maximum Gasteiger partial charge on any atom is 0.119 e. The van der Waals surface area contributed by atoms with Crippen LogP contribution in [0, 0.1) is 17.8 Å². The highest BCUT2D eigenvalue weighted by atomic mass is 35.5. The third kappa shape index (κ3) is 3.99. The number of hydrogen-bond donors (Lipinski definition) is 1. The summed E-state index contributed by atoms with van der Waals surface area (Å²) in [7, 11) is 3.92. The number of aliphatic hydroxyl groups is 1. The predicted octanol–water partition coefficient (Wildman–Crippen LogP) is 3.88. The molecule has 1 N–H and O–H groups in total. The van der Waals surface area contributed by atoms with Gasteiger partial charge in [0.2, 0.25) is 0 Å². The molecule has 4 heteroatoms. The van der Waals surface area contributed by atoms with Crippen LogP contribution < -0.4 is 4.74 Å². The molecule has 1 atom stereocenters. The Morgan fingerprint density at radius 3 is 2.04 bits per heavy atom. The van der Waals surface area contributed by atoms with Crippen LogP contribution in [0.25, 0.3) is 0 Å². The molecule has 0 heterocycles. The summed E-state index contributed by atoms with van der Waals surface area (Å²) in [4.78, 5) is 1.98. The summed E-state index contributed by atoms with van der Waals surface area (Å²) in [6, 6.07) is 8.80. The molecular formula is C21H32ClNO2. The first-order valence-electron chi connectivity index (χ1n) is 9.58. The molecule has 3 nitrogen and oxygen atoms in total. The monoisotopic (exact) mass is 365 g/mol. The molecule has 4 bridgehead atoms. The molecule has 1 aromatic rings. The van der Waals surface area contributed by atoms with E-state index >= 15 is 0 Å². The summed E-state index contributed by atoms with van der Waals surface area (Å²) in [5.74, 6) is 3.82. The van der Waals surface area contributed by atoms with Gasteiger partial charge < -0.3 is 14.7 Å². The van der Waals surface area contributed by atoms with Crippen molar-refractivity contribution in [3.8, 4) is 5.75 Å². The number of ether oxygens (including phenoxy) is 1. The van der Waals surface area contributed by atoms with Crippen LogP contribution in [0.4, 0.5) is 0 Å². The van der Waals surface area contributed by atoms with E-state index in [4.69, 9.17) is 4.74 Å². The molecule has 0 amide bonds. The summed E-state index contributed by atoms with van der Waals surface area (Å²) >= 11 is 0. The van der Waals surface area contributed by atoms with E-state index in [1.807, 2.05) is 19.0 Å². The van der Waals surface area contributed by atoms with Crippen molar-refractivity contribution in [2.24, 2.45) is 17.8 Å². The van der Waals surface area contributed by atoms with E-state index < -0.39 is 6.10 Å². The van der Waals surface area contributed by atoms with Gasteiger partial charge >= 0.3 is 0 Å². The zero-order valence-electron chi connectivity index (χ0n) is 15.5. The largest absolute Gasteiger partial charge is 0.491 e. The Bertz CT molecular complexity index is 536. The minimum atomic E-state index is -0.442. The second-order valence-electron chi connectivity index (χ2n) is 8.95. The first-order valence-corrected chi connectivity index (χ1v) is 9.58. The molecule has 4 aliphatic rings. The fraction of sp³-hybridized carbons (Fsp3) is 0.714. The van der Waals surface area contributed by atoms with Gasteiger partial charge in [-0.05, 0) is 93.5 Å². The van der Waals surface area contributed by atoms with Gasteiger partial charge in [0, 0.05) is 6.54 Å². The fourth-order valence-corrected chi connectivity index (χ4v) is 6.04. The zero-order chi connectivity index (χ0) is 16.7. The quantitative estimate of drug-likeness (QED) is 0.830. The highest BCUT2D eigenvalue weighted by molar-refractivity contribution is 5.85. The van der Waals surface area contributed by atoms with E-state index in [9.17, 15) is 5.11 Å². The molecule has 5 rings (SSSR count). The van der Waals surface area contributed by atoms with Gasteiger partial charge in [-0.1, -0.05) is 12.1 Å². The van der Waals surface area contributed by atoms with Gasteiger partial charge in [-0.2, -0.15) is 0 Å². The minimum Gasteiger partial charge on any atom is -0.491 e. The average molecular weight is 366 g/mol. The van der Waals surface area contributed by atoms with Crippen LogP contribution >= 0.6 is 12.4 Å². The molecule has 25 heavy (non-hydrogen) atoms. The van der Waals surface area contributed by atoms with Crippen LogP contribution in [0.3, 0.4) is 0 Å². The topological polar surface area (TPSA) is 32.7 Å². The lowest BCUT2D eigenvalue weighted by Crippen LogP contribution is -2.48. The summed E-state index contributed by atoms with van der Waals surface area (Å²) in [6.45, 7) is 0.986. The second-order valence-corrected chi connectivity index (χ2v) is 8.95. The standard InChI is InChI=1S/C21H31NO2.ClH/c1-22(2)13-19(23)14-24-20-5-3-18(4-6-20)21-10-15-7-16(11-21)9-17(8-15)12-21;/h3-6,15-17,19,23H,7-14H2,1-2H3;1H. The van der Waals surface area contributed by atoms with Gasteiger partial charge in [-0.15, -0.1) is 12.4 Å². The maximum atomic E-state index is 9.92. The Morgan fingerprint density at radius 2 is 1.56 bits per heavy atom. The van der Waals surface area contributed by atoms with Gasteiger partial charge in [-0.25, -0.2) is 0 Å². The maximum absolute atomic E-state index is 9.92. The lowest BCUT2D eigenvalue weighted by Gasteiger charge is -2.57. The average Bonchev–Trinajstić information content (AvgIpc) is 2.51. The molecule has 1 aromatic carbocycles. The number of nitrogens with zero attached hydrogens (tertiary/aromatic N) is 1. The molecule has 4 saturated carbocycles. The van der Waals surface area contributed by atoms with Crippen LogP contribution in [0.2, 0.25) is 0 Å². The van der Waals surface area contributed by atoms with Crippen molar-refractivity contribution in [3.05, 3.63) is 29.8 Å². The number of likely N-dealkylation sites (N-methyl/N-ethyl adjacent to an activating group) is 1. The first-order chi connectivity index (χ1) is 11.5. The Balaban J connectivity index is 0.00000182. The van der Waals surface area contributed by atoms with E-state index in [1.54, 1.807) is 0 Å². The molecule has 0 aromatic heterocycles. The van der Waals surface area contributed by atoms with Crippen molar-refractivity contribution in [1.29, 1.82) is 0 Å². The van der Waals surface area contributed by atoms with E-state index in [0.717, 1.165) is 23.5 Å². The van der Waals surface area contributed by atoms with Crippen molar-refractivity contribution < 1.29 is 9.84 Å². The van der Waals surface area contributed by atoms with E-state index in [1.165, 1.54) is 44.1 Å². The van der Waals surface area contributed by atoms with E-state index in [-0.39, 0.29) is 12.4 Å². The van der Waals surface area contributed by atoms with Crippen LogP contribution in [0.15, 0.2) is 24.3 Å². The third-order valence-corrected chi connectivity index (χ3v) is 6.52. The van der Waals surface area contributed by atoms with Gasteiger partial charge in [0.25, 0.3) is 0 Å². The van der Waals surface area contributed by atoms with Crippen molar-refractivity contribution in [1.82, 2.24) is 4.90 Å². The molecule has 0 radical (unpaired) electrons. The van der Waals surface area contributed by atoms with E-state index in [0.29, 0.717) is 18.6 Å². The van der Waals surface area contributed by atoms with Gasteiger partial charge in [0.15, 0.2) is 0 Å². The molecule has 0 spiro atoms. The number of hydrogen-bond acceptors (Lipinski definition) is 3. The number of halogens is 1. The Labute approximate surface area is 158 Å². The number of rotatable bonds is 6. The van der Waals surface area contributed by atoms with Crippen molar-refractivity contribution in [2.45, 2.75) is 50.0 Å². The molecule has 0 saturated heterocycles. The van der Waals surface area contributed by atoms with Gasteiger partial charge in [0.05, 0.1) is 0 Å². The van der Waals surface area contributed by atoms with Crippen LogP contribution in [-0.4, -0.2) is 43.4 Å². The van der Waals surface area contributed by atoms with Crippen molar-refractivity contribution in [2.75, 3.05) is 27.2 Å². The third-order valence-electron chi connectivity index (χ3n) is 6.52. The smallest absolute Gasteiger partial charge is 0.119 e. The normalized spacial score (nSPS) is 34.0. The van der Waals surface area contributed by atoms with Gasteiger partial charge in [-0.3, -0.25) is 0 Å². The van der Waals surface area contributed by atoms with Crippen molar-refractivity contribution >= 4 is 12.4 Å². The lowest BCUT2D eigenvalue weighted by molar-refractivity contribution is -0.00522. The number of benzene rings is 1. The summed E-state index contributed by atoms with van der Waals surface area (Å²) in [6.07, 6.45) is 8.24. The first kappa shape index (κ1) is 19.0. The SMILES string of the molecule is CN(C)CC(O)COc1ccc(C23CC4CC(CC(C4)C2)C3)cc1.Cl. The molecule has 140 valence electrons. The molecule has 1 unspecified atom stereocenters. The number of aliphatic hydroxyl groups excluding tert-OH is 1. The molecule has 4 fully saturated rings. The van der Waals surface area contributed by atoms with Crippen molar-refractivity contribution in [3.63, 3.8) is 0 Å². The Morgan fingerprint density at radius 1 is 1.04 bits per heavy atom. The summed E-state index contributed by atoms with van der Waals surface area (Å²) in [5, 5.41) is 9.92. The second kappa shape index (κ2) is 7.46. The van der Waals surface area contributed by atoms with Crippen LogP contribution in [-0.2, 0) is 5.41 Å². The highest BCUT2D eigenvalue weighted by Crippen LogP contribution is 2.60. The Hall–Kier alpha value is -0.770. The predicted molar refractivity (Wildman–Crippen MR) is 104 cm³/mol. The zero-order valence-corrected chi connectivity index (χ0v) is 16.3. The fourth-order valence-electron chi connectivity index (χ4n) is 6.04. The lowest BCUT2D eigenvalue weighted by atomic mass is 9.48. The Kier molecular flexibility index (Phi) is 5.67. The summed E-state index contributed by atoms with van der Waals surface area (Å²) < 4.78 is 5.77. The van der Waals surface area contributed by atoms with E-state index in [2.05, 4.69) is 24.3 Å². The molecular weight excluding hydrogens is 334 g/mol. The molecule has 0 aliphatic heterocycles. The minimum absolute atomic E-state index is 0. The summed E-state index contributed by atoms with van der Waals surface area (Å²) in [5.41, 5.74) is 1.99. The molecule has 4 aliphatic carbocycles. The van der Waals surface area contributed by atoms with Gasteiger partial charge in [0.1, 0.15) is 18.5 Å². The van der Waals surface area contributed by atoms with Crippen LogP contribution in [0.5, 0.6) is 5.75 Å². The van der Waals surface area contributed by atoms with Crippen LogP contribution in [0.1, 0.15) is 44.1 Å².